The fraction of sp³-hybridized carbons (Fsp3) is 0.312. The molecule has 0 aliphatic carbocycles. The van der Waals surface area contributed by atoms with Gasteiger partial charge in [0, 0.05) is 24.4 Å². The van der Waals surface area contributed by atoms with Gasteiger partial charge in [0.05, 0.1) is 7.11 Å². The van der Waals surface area contributed by atoms with Gasteiger partial charge < -0.3 is 10.5 Å². The third-order valence-corrected chi connectivity index (χ3v) is 3.27. The normalized spacial score (nSPS) is 12.2. The van der Waals surface area contributed by atoms with E-state index in [1.807, 2.05) is 30.5 Å². The molecule has 0 bridgehead atoms. The number of pyridine rings is 1. The number of nitrogens with two attached hydrogens (primary N) is 1. The lowest BCUT2D eigenvalue weighted by Gasteiger charge is -2.12. The summed E-state index contributed by atoms with van der Waals surface area (Å²) in [5.41, 5.74) is 9.59. The molecule has 2 N–H and O–H groups in total. The second-order valence-electron chi connectivity index (χ2n) is 4.60. The first-order chi connectivity index (χ1) is 9.22. The summed E-state index contributed by atoms with van der Waals surface area (Å²) in [4.78, 5) is 4.44. The molecule has 2 aromatic rings. The van der Waals surface area contributed by atoms with E-state index in [-0.39, 0.29) is 6.04 Å². The highest BCUT2D eigenvalue weighted by Gasteiger charge is 2.08. The van der Waals surface area contributed by atoms with Crippen molar-refractivity contribution in [2.75, 3.05) is 7.11 Å². The molecule has 0 spiro atoms. The van der Waals surface area contributed by atoms with Crippen molar-refractivity contribution in [2.45, 2.75) is 25.8 Å². The van der Waals surface area contributed by atoms with E-state index in [2.05, 4.69) is 24.0 Å². The van der Waals surface area contributed by atoms with E-state index in [0.29, 0.717) is 0 Å². The second kappa shape index (κ2) is 6.34. The molecule has 0 radical (unpaired) electrons. The van der Waals surface area contributed by atoms with E-state index in [0.717, 1.165) is 29.8 Å². The summed E-state index contributed by atoms with van der Waals surface area (Å²) in [7, 11) is 1.66. The summed E-state index contributed by atoms with van der Waals surface area (Å²) in [6.45, 7) is 2.12. The third-order valence-electron chi connectivity index (χ3n) is 3.27. The standard InChI is InChI=1S/C16H20N2O/c1-3-12-4-7-14(18-11-12)10-16(17)13-5-8-15(19-2)9-6-13/h4-9,11,16H,3,10,17H2,1-2H3. The lowest BCUT2D eigenvalue weighted by atomic mass is 10.0. The third kappa shape index (κ3) is 3.55. The zero-order valence-electron chi connectivity index (χ0n) is 11.5. The van der Waals surface area contributed by atoms with Gasteiger partial charge in [-0.3, -0.25) is 4.98 Å². The van der Waals surface area contributed by atoms with Crippen LogP contribution in [0.2, 0.25) is 0 Å². The Balaban J connectivity index is 2.04. The maximum atomic E-state index is 6.21. The fourth-order valence-corrected chi connectivity index (χ4v) is 1.98. The average Bonchev–Trinajstić information content (AvgIpc) is 2.48. The Bertz CT molecular complexity index is 505. The first-order valence-corrected chi connectivity index (χ1v) is 6.56. The first kappa shape index (κ1) is 13.6. The molecule has 1 aromatic heterocycles. The Kier molecular flexibility index (Phi) is 4.53. The average molecular weight is 256 g/mol. The van der Waals surface area contributed by atoms with Crippen LogP contribution in [0.1, 0.15) is 29.8 Å². The van der Waals surface area contributed by atoms with Crippen LogP contribution in [0, 0.1) is 0 Å². The van der Waals surface area contributed by atoms with E-state index in [9.17, 15) is 0 Å². The topological polar surface area (TPSA) is 48.1 Å². The highest BCUT2D eigenvalue weighted by atomic mass is 16.5. The number of nitrogens with zero attached hydrogens (tertiary/aromatic N) is 1. The molecule has 2 rings (SSSR count). The Morgan fingerprint density at radius 2 is 1.89 bits per heavy atom. The van der Waals surface area contributed by atoms with Gasteiger partial charge in [-0.2, -0.15) is 0 Å². The van der Waals surface area contributed by atoms with Crippen LogP contribution in [-0.2, 0) is 12.8 Å². The molecular formula is C16H20N2O. The molecule has 1 atom stereocenters. The van der Waals surface area contributed by atoms with Gasteiger partial charge in [-0.15, -0.1) is 0 Å². The number of benzene rings is 1. The van der Waals surface area contributed by atoms with E-state index in [1.54, 1.807) is 7.11 Å². The number of rotatable bonds is 5. The molecule has 0 saturated carbocycles. The van der Waals surface area contributed by atoms with Gasteiger partial charge in [0.15, 0.2) is 0 Å². The number of methoxy groups -OCH3 is 1. The fourth-order valence-electron chi connectivity index (χ4n) is 1.98. The van der Waals surface area contributed by atoms with E-state index < -0.39 is 0 Å². The predicted octanol–water partition coefficient (Wildman–Crippen LogP) is 2.90. The van der Waals surface area contributed by atoms with Gasteiger partial charge in [0.25, 0.3) is 0 Å². The van der Waals surface area contributed by atoms with Crippen molar-refractivity contribution in [3.8, 4) is 5.75 Å². The Hall–Kier alpha value is -1.87. The molecule has 0 aliphatic rings. The van der Waals surface area contributed by atoms with Crippen molar-refractivity contribution in [1.82, 2.24) is 4.98 Å². The van der Waals surface area contributed by atoms with Gasteiger partial charge >= 0.3 is 0 Å². The van der Waals surface area contributed by atoms with Gasteiger partial charge in [-0.1, -0.05) is 25.1 Å². The highest BCUT2D eigenvalue weighted by Crippen LogP contribution is 2.18. The number of hydrogen-bond donors (Lipinski definition) is 1. The van der Waals surface area contributed by atoms with Crippen LogP contribution in [-0.4, -0.2) is 12.1 Å². The van der Waals surface area contributed by atoms with Crippen LogP contribution in [0.15, 0.2) is 42.6 Å². The molecule has 3 nitrogen and oxygen atoms in total. The molecule has 0 saturated heterocycles. The van der Waals surface area contributed by atoms with Gasteiger partial charge in [0.1, 0.15) is 5.75 Å². The minimum atomic E-state index is -0.0362. The van der Waals surface area contributed by atoms with Crippen LogP contribution in [0.25, 0.3) is 0 Å². The minimum Gasteiger partial charge on any atom is -0.497 e. The highest BCUT2D eigenvalue weighted by molar-refractivity contribution is 5.29. The number of aromatic nitrogens is 1. The molecular weight excluding hydrogens is 236 g/mol. The van der Waals surface area contributed by atoms with E-state index >= 15 is 0 Å². The van der Waals surface area contributed by atoms with E-state index in [4.69, 9.17) is 10.5 Å². The van der Waals surface area contributed by atoms with Crippen LogP contribution < -0.4 is 10.5 Å². The van der Waals surface area contributed by atoms with Crippen molar-refractivity contribution in [2.24, 2.45) is 5.73 Å². The van der Waals surface area contributed by atoms with Crippen molar-refractivity contribution < 1.29 is 4.74 Å². The molecule has 1 aromatic carbocycles. The summed E-state index contributed by atoms with van der Waals surface area (Å²) < 4.78 is 5.14. The molecule has 19 heavy (non-hydrogen) atoms. The Morgan fingerprint density at radius 3 is 2.42 bits per heavy atom. The summed E-state index contributed by atoms with van der Waals surface area (Å²) in [5, 5.41) is 0. The lowest BCUT2D eigenvalue weighted by molar-refractivity contribution is 0.414. The summed E-state index contributed by atoms with van der Waals surface area (Å²) in [5.74, 6) is 0.848. The summed E-state index contributed by atoms with van der Waals surface area (Å²) in [6.07, 6.45) is 3.68. The summed E-state index contributed by atoms with van der Waals surface area (Å²) >= 11 is 0. The van der Waals surface area contributed by atoms with Gasteiger partial charge in [-0.05, 0) is 35.7 Å². The van der Waals surface area contributed by atoms with Crippen molar-refractivity contribution >= 4 is 0 Å². The maximum absolute atomic E-state index is 6.21. The number of hydrogen-bond acceptors (Lipinski definition) is 3. The Labute approximate surface area is 114 Å². The summed E-state index contributed by atoms with van der Waals surface area (Å²) in [6, 6.07) is 12.0. The minimum absolute atomic E-state index is 0.0362. The SMILES string of the molecule is CCc1ccc(CC(N)c2ccc(OC)cc2)nc1. The molecule has 0 aliphatic heterocycles. The molecule has 1 heterocycles. The van der Waals surface area contributed by atoms with Gasteiger partial charge in [0.2, 0.25) is 0 Å². The van der Waals surface area contributed by atoms with Crippen LogP contribution in [0.5, 0.6) is 5.75 Å². The lowest BCUT2D eigenvalue weighted by Crippen LogP contribution is -2.14. The molecule has 0 amide bonds. The maximum Gasteiger partial charge on any atom is 0.118 e. The van der Waals surface area contributed by atoms with Gasteiger partial charge in [-0.25, -0.2) is 0 Å². The second-order valence-corrected chi connectivity index (χ2v) is 4.60. The zero-order chi connectivity index (χ0) is 13.7. The van der Waals surface area contributed by atoms with E-state index in [1.165, 1.54) is 5.56 Å². The van der Waals surface area contributed by atoms with Crippen molar-refractivity contribution in [3.05, 3.63) is 59.4 Å². The van der Waals surface area contributed by atoms with Crippen LogP contribution in [0.4, 0.5) is 0 Å². The van der Waals surface area contributed by atoms with Crippen molar-refractivity contribution in [3.63, 3.8) is 0 Å². The number of ether oxygens (including phenoxy) is 1. The largest absolute Gasteiger partial charge is 0.497 e. The molecule has 100 valence electrons. The predicted molar refractivity (Wildman–Crippen MR) is 77.2 cm³/mol. The smallest absolute Gasteiger partial charge is 0.118 e. The zero-order valence-corrected chi connectivity index (χ0v) is 11.5. The molecule has 1 unspecified atom stereocenters. The van der Waals surface area contributed by atoms with Crippen LogP contribution >= 0.6 is 0 Å². The molecule has 3 heteroatoms. The first-order valence-electron chi connectivity index (χ1n) is 6.56. The monoisotopic (exact) mass is 256 g/mol. The molecule has 0 fully saturated rings. The van der Waals surface area contributed by atoms with Crippen molar-refractivity contribution in [1.29, 1.82) is 0 Å². The number of aryl methyl sites for hydroxylation is 1. The quantitative estimate of drug-likeness (QED) is 0.894. The van der Waals surface area contributed by atoms with Crippen LogP contribution in [0.3, 0.4) is 0 Å². The Morgan fingerprint density at radius 1 is 1.16 bits per heavy atom.